The van der Waals surface area contributed by atoms with Crippen molar-refractivity contribution in [1.82, 2.24) is 5.32 Å². The molecule has 1 aliphatic rings. The molecule has 1 aliphatic carbocycles. The summed E-state index contributed by atoms with van der Waals surface area (Å²) in [7, 11) is 0. The number of carbonyl (C=O) groups is 1. The van der Waals surface area contributed by atoms with Crippen molar-refractivity contribution in [1.29, 1.82) is 0 Å². The molecule has 2 N–H and O–H groups in total. The minimum atomic E-state index is -0.716. The molecule has 0 spiro atoms. The van der Waals surface area contributed by atoms with Gasteiger partial charge in [0, 0.05) is 12.5 Å². The Bertz CT molecular complexity index is 716. The van der Waals surface area contributed by atoms with E-state index in [1.54, 1.807) is 6.07 Å². The van der Waals surface area contributed by atoms with E-state index in [0.29, 0.717) is 0 Å². The van der Waals surface area contributed by atoms with E-state index in [0.717, 1.165) is 23.1 Å². The van der Waals surface area contributed by atoms with Gasteiger partial charge in [-0.25, -0.2) is 4.39 Å². The van der Waals surface area contributed by atoms with Crippen LogP contribution in [0.25, 0.3) is 0 Å². The molecule has 3 atom stereocenters. The summed E-state index contributed by atoms with van der Waals surface area (Å²) in [5.74, 6) is -0.391. The van der Waals surface area contributed by atoms with Crippen molar-refractivity contribution in [3.05, 3.63) is 71.0 Å². The highest BCUT2D eigenvalue weighted by molar-refractivity contribution is 5.82. The predicted molar refractivity (Wildman–Crippen MR) is 86.4 cm³/mol. The molecule has 3 unspecified atom stereocenters. The Morgan fingerprint density at radius 1 is 1.30 bits per heavy atom. The second-order valence-corrected chi connectivity index (χ2v) is 6.12. The van der Waals surface area contributed by atoms with Gasteiger partial charge in [-0.2, -0.15) is 0 Å². The molecule has 0 aliphatic heterocycles. The van der Waals surface area contributed by atoms with Crippen molar-refractivity contribution < 1.29 is 14.3 Å². The second-order valence-electron chi connectivity index (χ2n) is 6.12. The summed E-state index contributed by atoms with van der Waals surface area (Å²) in [4.78, 5) is 12.2. The molecular formula is C19H20FNO2. The fourth-order valence-corrected chi connectivity index (χ4v) is 2.99. The highest BCUT2D eigenvalue weighted by atomic mass is 19.1. The fraction of sp³-hybridized carbons (Fsp3) is 0.316. The van der Waals surface area contributed by atoms with Crippen LogP contribution in [0.1, 0.15) is 35.1 Å². The Labute approximate surface area is 135 Å². The summed E-state index contributed by atoms with van der Waals surface area (Å²) in [5, 5.41) is 13.0. The van der Waals surface area contributed by atoms with Crippen LogP contribution in [0.2, 0.25) is 0 Å². The van der Waals surface area contributed by atoms with E-state index in [4.69, 9.17) is 0 Å². The number of aliphatic hydroxyl groups excluding tert-OH is 1. The number of carbonyl (C=O) groups excluding carboxylic acids is 1. The van der Waals surface area contributed by atoms with E-state index < -0.39 is 6.10 Å². The van der Waals surface area contributed by atoms with Crippen molar-refractivity contribution in [2.75, 3.05) is 6.54 Å². The standard InChI is InChI=1S/C19H20FNO2/c1-12-5-2-3-8-15(12)18(22)11-21-19(23)17-10-16(17)13-6-4-7-14(20)9-13/h2-9,16-18,22H,10-11H2,1H3,(H,21,23). The summed E-state index contributed by atoms with van der Waals surface area (Å²) >= 11 is 0. The first-order valence-corrected chi connectivity index (χ1v) is 7.83. The third-order valence-corrected chi connectivity index (χ3v) is 4.42. The van der Waals surface area contributed by atoms with E-state index >= 15 is 0 Å². The number of aryl methyl sites for hydroxylation is 1. The van der Waals surface area contributed by atoms with Crippen molar-refractivity contribution in [3.8, 4) is 0 Å². The predicted octanol–water partition coefficient (Wildman–Crippen LogP) is 3.09. The molecule has 2 aromatic carbocycles. The average Bonchev–Trinajstić information content (AvgIpc) is 3.33. The van der Waals surface area contributed by atoms with Crippen LogP contribution in [-0.2, 0) is 4.79 Å². The molecule has 120 valence electrons. The van der Waals surface area contributed by atoms with Crippen molar-refractivity contribution in [2.45, 2.75) is 25.4 Å². The molecule has 1 saturated carbocycles. The highest BCUT2D eigenvalue weighted by Crippen LogP contribution is 2.47. The molecule has 0 bridgehead atoms. The quantitative estimate of drug-likeness (QED) is 0.891. The molecule has 0 aromatic heterocycles. The van der Waals surface area contributed by atoms with Gasteiger partial charge < -0.3 is 10.4 Å². The van der Waals surface area contributed by atoms with Crippen LogP contribution in [0.15, 0.2) is 48.5 Å². The first kappa shape index (κ1) is 15.7. The zero-order valence-corrected chi connectivity index (χ0v) is 13.0. The third-order valence-electron chi connectivity index (χ3n) is 4.42. The summed E-state index contributed by atoms with van der Waals surface area (Å²) in [6.07, 6.45) is 0.0157. The summed E-state index contributed by atoms with van der Waals surface area (Å²) < 4.78 is 13.2. The van der Waals surface area contributed by atoms with Crippen LogP contribution in [-0.4, -0.2) is 17.6 Å². The number of nitrogens with one attached hydrogen (secondary N) is 1. The van der Waals surface area contributed by atoms with Gasteiger partial charge in [0.2, 0.25) is 5.91 Å². The molecule has 4 heteroatoms. The molecule has 3 rings (SSSR count). The van der Waals surface area contributed by atoms with E-state index in [2.05, 4.69) is 5.32 Å². The lowest BCUT2D eigenvalue weighted by molar-refractivity contribution is -0.122. The van der Waals surface area contributed by atoms with Crippen LogP contribution in [0, 0.1) is 18.7 Å². The van der Waals surface area contributed by atoms with Crippen LogP contribution in [0.5, 0.6) is 0 Å². The van der Waals surface area contributed by atoms with Crippen molar-refractivity contribution in [3.63, 3.8) is 0 Å². The van der Waals surface area contributed by atoms with Gasteiger partial charge in [0.25, 0.3) is 0 Å². The average molecular weight is 313 g/mol. The number of amides is 1. The fourth-order valence-electron chi connectivity index (χ4n) is 2.99. The first-order valence-electron chi connectivity index (χ1n) is 7.83. The van der Waals surface area contributed by atoms with Gasteiger partial charge in [-0.1, -0.05) is 36.4 Å². The Morgan fingerprint density at radius 3 is 2.83 bits per heavy atom. The second kappa shape index (κ2) is 6.50. The number of hydrogen-bond donors (Lipinski definition) is 2. The lowest BCUT2D eigenvalue weighted by atomic mass is 10.0. The first-order chi connectivity index (χ1) is 11.1. The smallest absolute Gasteiger partial charge is 0.223 e. The number of aliphatic hydroxyl groups is 1. The van der Waals surface area contributed by atoms with E-state index in [9.17, 15) is 14.3 Å². The molecule has 1 fully saturated rings. The zero-order chi connectivity index (χ0) is 16.4. The molecule has 2 aromatic rings. The van der Waals surface area contributed by atoms with Crippen LogP contribution in [0.3, 0.4) is 0 Å². The number of benzene rings is 2. The maximum Gasteiger partial charge on any atom is 0.223 e. The molecule has 3 nitrogen and oxygen atoms in total. The largest absolute Gasteiger partial charge is 0.387 e. The van der Waals surface area contributed by atoms with Crippen LogP contribution < -0.4 is 5.32 Å². The monoisotopic (exact) mass is 313 g/mol. The molecule has 1 amide bonds. The van der Waals surface area contributed by atoms with E-state index in [1.807, 2.05) is 37.3 Å². The van der Waals surface area contributed by atoms with Crippen LogP contribution >= 0.6 is 0 Å². The maximum absolute atomic E-state index is 13.2. The van der Waals surface area contributed by atoms with Gasteiger partial charge in [0.05, 0.1) is 6.10 Å². The Hall–Kier alpha value is -2.20. The van der Waals surface area contributed by atoms with Gasteiger partial charge in [0.1, 0.15) is 5.82 Å². The van der Waals surface area contributed by atoms with Crippen LogP contribution in [0.4, 0.5) is 4.39 Å². The topological polar surface area (TPSA) is 49.3 Å². The molecular weight excluding hydrogens is 293 g/mol. The lowest BCUT2D eigenvalue weighted by Crippen LogP contribution is -2.30. The number of halogens is 1. The van der Waals surface area contributed by atoms with Crippen molar-refractivity contribution >= 4 is 5.91 Å². The van der Waals surface area contributed by atoms with Gasteiger partial charge in [0.15, 0.2) is 0 Å². The molecule has 0 saturated heterocycles. The van der Waals surface area contributed by atoms with Gasteiger partial charge in [-0.15, -0.1) is 0 Å². The van der Waals surface area contributed by atoms with Crippen molar-refractivity contribution in [2.24, 2.45) is 5.92 Å². The minimum Gasteiger partial charge on any atom is -0.387 e. The SMILES string of the molecule is Cc1ccccc1C(O)CNC(=O)C1CC1c1cccc(F)c1. The summed E-state index contributed by atoms with van der Waals surface area (Å²) in [6, 6.07) is 14.0. The zero-order valence-electron chi connectivity index (χ0n) is 13.0. The number of hydrogen-bond acceptors (Lipinski definition) is 2. The molecule has 23 heavy (non-hydrogen) atoms. The van der Waals surface area contributed by atoms with E-state index in [-0.39, 0.29) is 30.1 Å². The van der Waals surface area contributed by atoms with Gasteiger partial charge in [-0.05, 0) is 48.1 Å². The Morgan fingerprint density at radius 2 is 2.09 bits per heavy atom. The van der Waals surface area contributed by atoms with Gasteiger partial charge in [-0.3, -0.25) is 4.79 Å². The van der Waals surface area contributed by atoms with Gasteiger partial charge >= 0.3 is 0 Å². The van der Waals surface area contributed by atoms with E-state index in [1.165, 1.54) is 12.1 Å². The number of rotatable bonds is 5. The Kier molecular flexibility index (Phi) is 4.44. The molecule has 0 radical (unpaired) electrons. The minimum absolute atomic E-state index is 0.0769. The highest BCUT2D eigenvalue weighted by Gasteiger charge is 2.43. The maximum atomic E-state index is 13.2. The summed E-state index contributed by atoms with van der Waals surface area (Å²) in [6.45, 7) is 2.12. The Balaban J connectivity index is 1.54. The normalized spacial score (nSPS) is 20.8. The lowest BCUT2D eigenvalue weighted by Gasteiger charge is -2.14. The molecule has 0 heterocycles. The third kappa shape index (κ3) is 3.59. The summed E-state index contributed by atoms with van der Waals surface area (Å²) in [5.41, 5.74) is 2.69.